The zero-order valence-electron chi connectivity index (χ0n) is 14.1. The minimum atomic E-state index is -0.141. The lowest BCUT2D eigenvalue weighted by atomic mass is 9.96. The Bertz CT molecular complexity index is 213. The van der Waals surface area contributed by atoms with Gasteiger partial charge in [-0.25, -0.2) is 0 Å². The van der Waals surface area contributed by atoms with Crippen LogP contribution in [0.3, 0.4) is 0 Å². The molecule has 0 saturated heterocycles. The Kier molecular flexibility index (Phi) is 14.5. The highest BCUT2D eigenvalue weighted by Gasteiger charge is 2.09. The van der Waals surface area contributed by atoms with Gasteiger partial charge in [-0.05, 0) is 18.8 Å². The molecule has 0 amide bonds. The van der Waals surface area contributed by atoms with Crippen molar-refractivity contribution in [3.63, 3.8) is 0 Å². The summed E-state index contributed by atoms with van der Waals surface area (Å²) in [5.41, 5.74) is 0. The lowest BCUT2D eigenvalue weighted by Gasteiger charge is -2.15. The molecule has 0 fully saturated rings. The fraction of sp³-hybridized carbons (Fsp3) is 0.944. The molecule has 1 unspecified atom stereocenters. The van der Waals surface area contributed by atoms with Crippen LogP contribution in [-0.4, -0.2) is 12.6 Å². The van der Waals surface area contributed by atoms with Gasteiger partial charge in [-0.1, -0.05) is 78.1 Å². The predicted molar refractivity (Wildman–Crippen MR) is 86.9 cm³/mol. The standard InChI is InChI=1S/C18H36O2/c1-4-6-7-8-9-10-11-12-13-15-18(14-5-2)16-20-17(3)19/h18H,4-16H2,1-3H3. The summed E-state index contributed by atoms with van der Waals surface area (Å²) in [7, 11) is 0. The summed E-state index contributed by atoms with van der Waals surface area (Å²) in [4.78, 5) is 10.9. The van der Waals surface area contributed by atoms with Gasteiger partial charge in [0.05, 0.1) is 6.61 Å². The smallest absolute Gasteiger partial charge is 0.302 e. The van der Waals surface area contributed by atoms with Gasteiger partial charge in [0.15, 0.2) is 0 Å². The molecule has 0 N–H and O–H groups in total. The van der Waals surface area contributed by atoms with Gasteiger partial charge in [0.2, 0.25) is 0 Å². The summed E-state index contributed by atoms with van der Waals surface area (Å²) in [6.07, 6.45) is 16.0. The Hall–Kier alpha value is -0.530. The first-order valence-corrected chi connectivity index (χ1v) is 8.84. The van der Waals surface area contributed by atoms with E-state index in [1.54, 1.807) is 0 Å². The van der Waals surface area contributed by atoms with E-state index >= 15 is 0 Å². The first-order valence-electron chi connectivity index (χ1n) is 8.84. The number of ether oxygens (including phenoxy) is 1. The molecule has 0 spiro atoms. The molecular weight excluding hydrogens is 248 g/mol. The van der Waals surface area contributed by atoms with Crippen LogP contribution in [0.4, 0.5) is 0 Å². The number of esters is 1. The van der Waals surface area contributed by atoms with Gasteiger partial charge in [0.1, 0.15) is 0 Å². The van der Waals surface area contributed by atoms with Crippen LogP contribution in [0.1, 0.15) is 97.8 Å². The van der Waals surface area contributed by atoms with Crippen molar-refractivity contribution in [3.05, 3.63) is 0 Å². The fourth-order valence-corrected chi connectivity index (χ4v) is 2.70. The summed E-state index contributed by atoms with van der Waals surface area (Å²) < 4.78 is 5.15. The molecule has 0 aliphatic rings. The van der Waals surface area contributed by atoms with E-state index in [4.69, 9.17) is 4.74 Å². The van der Waals surface area contributed by atoms with E-state index in [2.05, 4.69) is 13.8 Å². The third kappa shape index (κ3) is 13.9. The molecule has 0 saturated carbocycles. The molecule has 0 aromatic rings. The highest BCUT2D eigenvalue weighted by molar-refractivity contribution is 5.65. The molecule has 0 bridgehead atoms. The van der Waals surface area contributed by atoms with Gasteiger partial charge >= 0.3 is 5.97 Å². The van der Waals surface area contributed by atoms with Crippen molar-refractivity contribution >= 4 is 5.97 Å². The Morgan fingerprint density at radius 1 is 0.800 bits per heavy atom. The van der Waals surface area contributed by atoms with Crippen molar-refractivity contribution in [2.75, 3.05) is 6.61 Å². The zero-order chi connectivity index (χ0) is 15.1. The normalized spacial score (nSPS) is 12.3. The van der Waals surface area contributed by atoms with E-state index in [9.17, 15) is 4.79 Å². The van der Waals surface area contributed by atoms with Crippen LogP contribution in [-0.2, 0) is 9.53 Å². The molecule has 20 heavy (non-hydrogen) atoms. The van der Waals surface area contributed by atoms with Crippen LogP contribution in [0.2, 0.25) is 0 Å². The molecule has 120 valence electrons. The van der Waals surface area contributed by atoms with Crippen LogP contribution in [0.15, 0.2) is 0 Å². The average molecular weight is 284 g/mol. The maximum Gasteiger partial charge on any atom is 0.302 e. The van der Waals surface area contributed by atoms with Gasteiger partial charge in [-0.2, -0.15) is 0 Å². The topological polar surface area (TPSA) is 26.3 Å². The largest absolute Gasteiger partial charge is 0.466 e. The fourth-order valence-electron chi connectivity index (χ4n) is 2.70. The maximum absolute atomic E-state index is 10.9. The van der Waals surface area contributed by atoms with Crippen LogP contribution in [0.25, 0.3) is 0 Å². The van der Waals surface area contributed by atoms with Crippen LogP contribution in [0.5, 0.6) is 0 Å². The number of carbonyl (C=O) groups is 1. The highest BCUT2D eigenvalue weighted by atomic mass is 16.5. The Morgan fingerprint density at radius 3 is 1.85 bits per heavy atom. The molecule has 2 nitrogen and oxygen atoms in total. The second-order valence-electron chi connectivity index (χ2n) is 6.07. The van der Waals surface area contributed by atoms with E-state index < -0.39 is 0 Å². The molecule has 0 aromatic heterocycles. The summed E-state index contributed by atoms with van der Waals surface area (Å²) >= 11 is 0. The Labute approximate surface area is 126 Å². The SMILES string of the molecule is CCCCCCCCCCCC(CCC)COC(C)=O. The Balaban J connectivity index is 3.41. The van der Waals surface area contributed by atoms with Gasteiger partial charge in [-0.3, -0.25) is 4.79 Å². The van der Waals surface area contributed by atoms with Gasteiger partial charge in [0.25, 0.3) is 0 Å². The van der Waals surface area contributed by atoms with Crippen LogP contribution in [0, 0.1) is 5.92 Å². The molecule has 0 rings (SSSR count). The molecular formula is C18H36O2. The maximum atomic E-state index is 10.9. The summed E-state index contributed by atoms with van der Waals surface area (Å²) in [6.45, 7) is 6.60. The van der Waals surface area contributed by atoms with Gasteiger partial charge < -0.3 is 4.74 Å². The van der Waals surface area contributed by atoms with E-state index in [0.717, 1.165) is 0 Å². The van der Waals surface area contributed by atoms with E-state index in [1.165, 1.54) is 84.0 Å². The quantitative estimate of drug-likeness (QED) is 0.294. The van der Waals surface area contributed by atoms with Crippen molar-refractivity contribution in [2.24, 2.45) is 5.92 Å². The minimum absolute atomic E-state index is 0.141. The number of hydrogen-bond acceptors (Lipinski definition) is 2. The lowest BCUT2D eigenvalue weighted by molar-refractivity contribution is -0.142. The molecule has 0 aliphatic heterocycles. The monoisotopic (exact) mass is 284 g/mol. The second-order valence-corrected chi connectivity index (χ2v) is 6.07. The molecule has 0 aliphatic carbocycles. The average Bonchev–Trinajstić information content (AvgIpc) is 2.42. The van der Waals surface area contributed by atoms with Crippen molar-refractivity contribution in [1.82, 2.24) is 0 Å². The van der Waals surface area contributed by atoms with Crippen molar-refractivity contribution in [2.45, 2.75) is 97.8 Å². The zero-order valence-corrected chi connectivity index (χ0v) is 14.1. The molecule has 2 heteroatoms. The van der Waals surface area contributed by atoms with Crippen LogP contribution < -0.4 is 0 Å². The van der Waals surface area contributed by atoms with Crippen molar-refractivity contribution in [1.29, 1.82) is 0 Å². The second kappa shape index (κ2) is 14.9. The molecule has 0 aromatic carbocycles. The van der Waals surface area contributed by atoms with Crippen molar-refractivity contribution in [3.8, 4) is 0 Å². The van der Waals surface area contributed by atoms with Gasteiger partial charge in [-0.15, -0.1) is 0 Å². The number of hydrogen-bond donors (Lipinski definition) is 0. The summed E-state index contributed by atoms with van der Waals surface area (Å²) in [6, 6.07) is 0. The molecule has 0 heterocycles. The highest BCUT2D eigenvalue weighted by Crippen LogP contribution is 2.17. The summed E-state index contributed by atoms with van der Waals surface area (Å²) in [5.74, 6) is 0.437. The third-order valence-corrected chi connectivity index (χ3v) is 3.94. The third-order valence-electron chi connectivity index (χ3n) is 3.94. The van der Waals surface area contributed by atoms with E-state index in [0.29, 0.717) is 12.5 Å². The van der Waals surface area contributed by atoms with Crippen molar-refractivity contribution < 1.29 is 9.53 Å². The predicted octanol–water partition coefficient (Wildman–Crippen LogP) is 5.89. The van der Waals surface area contributed by atoms with Crippen LogP contribution >= 0.6 is 0 Å². The van der Waals surface area contributed by atoms with E-state index in [-0.39, 0.29) is 5.97 Å². The minimum Gasteiger partial charge on any atom is -0.466 e. The first kappa shape index (κ1) is 19.5. The lowest BCUT2D eigenvalue weighted by Crippen LogP contribution is -2.12. The summed E-state index contributed by atoms with van der Waals surface area (Å²) in [5, 5.41) is 0. The molecule has 0 radical (unpaired) electrons. The number of rotatable bonds is 14. The van der Waals surface area contributed by atoms with E-state index in [1.807, 2.05) is 0 Å². The number of carbonyl (C=O) groups excluding carboxylic acids is 1. The molecule has 1 atom stereocenters. The first-order chi connectivity index (χ1) is 9.70. The Morgan fingerprint density at radius 2 is 1.35 bits per heavy atom. The van der Waals surface area contributed by atoms with Gasteiger partial charge in [0, 0.05) is 6.92 Å². The number of unbranched alkanes of at least 4 members (excludes halogenated alkanes) is 8.